The molecule has 0 aromatic heterocycles. The first-order chi connectivity index (χ1) is 11.5. The summed E-state index contributed by atoms with van der Waals surface area (Å²) in [6.07, 6.45) is 1.68. The van der Waals surface area contributed by atoms with Crippen molar-refractivity contribution in [3.8, 4) is 0 Å². The van der Waals surface area contributed by atoms with Crippen molar-refractivity contribution in [2.24, 2.45) is 5.16 Å². The second-order valence-electron chi connectivity index (χ2n) is 5.19. The smallest absolute Gasteiger partial charge is 0.268 e. The van der Waals surface area contributed by atoms with Crippen LogP contribution in [0.25, 0.3) is 0 Å². The molecular formula is C18H18ClFN2O2. The van der Waals surface area contributed by atoms with Crippen molar-refractivity contribution in [3.05, 3.63) is 64.4 Å². The lowest BCUT2D eigenvalue weighted by Gasteiger charge is -2.11. The lowest BCUT2D eigenvalue weighted by Crippen LogP contribution is -2.26. The van der Waals surface area contributed by atoms with E-state index >= 15 is 0 Å². The molecule has 0 aliphatic heterocycles. The van der Waals surface area contributed by atoms with E-state index in [-0.39, 0.29) is 5.02 Å². The number of rotatable bonds is 6. The number of oxime groups is 1. The van der Waals surface area contributed by atoms with Crippen LogP contribution in [0.15, 0.2) is 47.6 Å². The molecule has 0 aliphatic rings. The molecule has 1 amide bonds. The van der Waals surface area contributed by atoms with E-state index < -0.39 is 17.8 Å². The minimum atomic E-state index is -0.822. The predicted molar refractivity (Wildman–Crippen MR) is 94.0 cm³/mol. The summed E-state index contributed by atoms with van der Waals surface area (Å²) in [6.45, 7) is 3.64. The van der Waals surface area contributed by atoms with Gasteiger partial charge in [0.1, 0.15) is 5.82 Å². The van der Waals surface area contributed by atoms with Gasteiger partial charge in [-0.05, 0) is 42.7 Å². The van der Waals surface area contributed by atoms with Crippen molar-refractivity contribution in [3.63, 3.8) is 0 Å². The van der Waals surface area contributed by atoms with E-state index in [1.165, 1.54) is 23.9 Å². The van der Waals surface area contributed by atoms with Crippen molar-refractivity contribution in [1.29, 1.82) is 0 Å². The topological polar surface area (TPSA) is 50.7 Å². The van der Waals surface area contributed by atoms with Crippen LogP contribution in [0.5, 0.6) is 0 Å². The molecule has 0 aliphatic carbocycles. The van der Waals surface area contributed by atoms with Gasteiger partial charge in [-0.15, -0.1) is 0 Å². The van der Waals surface area contributed by atoms with Crippen LogP contribution >= 0.6 is 11.6 Å². The molecule has 0 bridgehead atoms. The molecule has 1 atom stereocenters. The number of halogens is 2. The molecular weight excluding hydrogens is 331 g/mol. The highest BCUT2D eigenvalue weighted by atomic mass is 35.5. The van der Waals surface area contributed by atoms with E-state index in [0.717, 1.165) is 18.1 Å². The molecule has 0 fully saturated rings. The Labute approximate surface area is 145 Å². The Morgan fingerprint density at radius 3 is 2.67 bits per heavy atom. The lowest BCUT2D eigenvalue weighted by atomic mass is 10.1. The highest BCUT2D eigenvalue weighted by molar-refractivity contribution is 6.33. The summed E-state index contributed by atoms with van der Waals surface area (Å²) in [5.74, 6) is -0.900. The Morgan fingerprint density at radius 2 is 2.04 bits per heavy atom. The molecule has 2 aromatic rings. The summed E-state index contributed by atoms with van der Waals surface area (Å²) in [6, 6.07) is 11.6. The molecule has 1 N–H and O–H groups in total. The van der Waals surface area contributed by atoms with Gasteiger partial charge < -0.3 is 10.2 Å². The number of nitrogens with one attached hydrogen (secondary N) is 1. The maximum Gasteiger partial charge on any atom is 0.268 e. The van der Waals surface area contributed by atoms with Gasteiger partial charge in [0, 0.05) is 0 Å². The van der Waals surface area contributed by atoms with Crippen LogP contribution in [0.1, 0.15) is 25.0 Å². The van der Waals surface area contributed by atoms with Gasteiger partial charge in [-0.1, -0.05) is 47.9 Å². The summed E-state index contributed by atoms with van der Waals surface area (Å²) >= 11 is 5.86. The first-order valence-corrected chi connectivity index (χ1v) is 7.91. The number of anilines is 1. The van der Waals surface area contributed by atoms with Gasteiger partial charge in [0.05, 0.1) is 16.9 Å². The highest BCUT2D eigenvalue weighted by Gasteiger charge is 2.15. The Hall–Kier alpha value is -2.40. The summed E-state index contributed by atoms with van der Waals surface area (Å²) in [4.78, 5) is 17.2. The molecule has 2 rings (SSSR count). The lowest BCUT2D eigenvalue weighted by molar-refractivity contribution is -0.126. The van der Waals surface area contributed by atoms with Crippen molar-refractivity contribution in [2.45, 2.75) is 26.4 Å². The van der Waals surface area contributed by atoms with Crippen molar-refractivity contribution >= 4 is 29.4 Å². The van der Waals surface area contributed by atoms with E-state index in [1.807, 2.05) is 24.3 Å². The molecule has 0 spiro atoms. The van der Waals surface area contributed by atoms with E-state index in [0.29, 0.717) is 5.69 Å². The zero-order valence-corrected chi connectivity index (χ0v) is 14.2. The Morgan fingerprint density at radius 1 is 1.33 bits per heavy atom. The molecule has 126 valence electrons. The van der Waals surface area contributed by atoms with E-state index in [1.54, 1.807) is 6.92 Å². The first kappa shape index (κ1) is 17.9. The molecule has 4 nitrogen and oxygen atoms in total. The monoisotopic (exact) mass is 348 g/mol. The van der Waals surface area contributed by atoms with Crippen LogP contribution < -0.4 is 5.32 Å². The molecule has 0 saturated heterocycles. The average Bonchev–Trinajstić information content (AvgIpc) is 2.57. The third-order valence-corrected chi connectivity index (χ3v) is 3.68. The van der Waals surface area contributed by atoms with Crippen LogP contribution in [0.2, 0.25) is 5.02 Å². The zero-order chi connectivity index (χ0) is 17.5. The van der Waals surface area contributed by atoms with E-state index in [9.17, 15) is 9.18 Å². The summed E-state index contributed by atoms with van der Waals surface area (Å²) in [5, 5.41) is 6.50. The largest absolute Gasteiger partial charge is 0.383 e. The zero-order valence-electron chi connectivity index (χ0n) is 13.4. The Balaban J connectivity index is 1.89. The van der Waals surface area contributed by atoms with Crippen LogP contribution in [0, 0.1) is 5.82 Å². The maximum atomic E-state index is 13.0. The maximum absolute atomic E-state index is 13.0. The standard InChI is InChI=1S/C18H18ClFN2O2/c1-3-13-4-6-14(7-5-13)11-21-24-12(2)18(23)22-17-9-8-15(20)10-16(17)19/h4-12H,3H2,1-2H3,(H,22,23)/b21-11-/t12-/m1/s1. The second-order valence-corrected chi connectivity index (χ2v) is 5.60. The number of carbonyl (C=O) groups excluding carboxylic acids is 1. The number of benzene rings is 2. The third-order valence-electron chi connectivity index (χ3n) is 3.37. The van der Waals surface area contributed by atoms with E-state index in [2.05, 4.69) is 17.4 Å². The van der Waals surface area contributed by atoms with Gasteiger partial charge in [-0.25, -0.2) is 4.39 Å². The van der Waals surface area contributed by atoms with E-state index in [4.69, 9.17) is 16.4 Å². The minimum absolute atomic E-state index is 0.120. The van der Waals surface area contributed by atoms with Gasteiger partial charge in [0.15, 0.2) is 0 Å². The highest BCUT2D eigenvalue weighted by Crippen LogP contribution is 2.22. The van der Waals surface area contributed by atoms with Crippen LogP contribution in [-0.2, 0) is 16.1 Å². The SMILES string of the molecule is CCc1ccc(/C=N\O[C@H](C)C(=O)Nc2ccc(F)cc2Cl)cc1. The van der Waals surface area contributed by atoms with Gasteiger partial charge in [0.2, 0.25) is 6.10 Å². The van der Waals surface area contributed by atoms with Crippen LogP contribution in [0.4, 0.5) is 10.1 Å². The van der Waals surface area contributed by atoms with Gasteiger partial charge >= 0.3 is 0 Å². The minimum Gasteiger partial charge on any atom is -0.383 e. The van der Waals surface area contributed by atoms with Gasteiger partial charge in [-0.3, -0.25) is 4.79 Å². The molecule has 0 heterocycles. The Bertz CT molecular complexity index is 732. The molecule has 6 heteroatoms. The average molecular weight is 349 g/mol. The molecule has 0 saturated carbocycles. The van der Waals surface area contributed by atoms with Crippen molar-refractivity contribution < 1.29 is 14.0 Å². The summed E-state index contributed by atoms with van der Waals surface area (Å²) in [5.41, 5.74) is 2.43. The molecule has 0 radical (unpaired) electrons. The number of nitrogens with zero attached hydrogens (tertiary/aromatic N) is 1. The van der Waals surface area contributed by atoms with Crippen molar-refractivity contribution in [2.75, 3.05) is 5.32 Å². The fourth-order valence-electron chi connectivity index (χ4n) is 1.90. The fourth-order valence-corrected chi connectivity index (χ4v) is 2.11. The summed E-state index contributed by atoms with van der Waals surface area (Å²) < 4.78 is 13.0. The number of aryl methyl sites for hydroxylation is 1. The Kier molecular flexibility index (Phi) is 6.32. The molecule has 2 aromatic carbocycles. The number of amides is 1. The third kappa shape index (κ3) is 5.06. The predicted octanol–water partition coefficient (Wildman–Crippen LogP) is 4.42. The van der Waals surface area contributed by atoms with Gasteiger partial charge in [0.25, 0.3) is 5.91 Å². The molecule has 0 unspecified atom stereocenters. The quantitative estimate of drug-likeness (QED) is 0.620. The number of carbonyl (C=O) groups is 1. The number of hydrogen-bond donors (Lipinski definition) is 1. The van der Waals surface area contributed by atoms with Crippen LogP contribution in [0.3, 0.4) is 0 Å². The first-order valence-electron chi connectivity index (χ1n) is 7.53. The fraction of sp³-hybridized carbons (Fsp3) is 0.222. The summed E-state index contributed by atoms with van der Waals surface area (Å²) in [7, 11) is 0. The molecule has 24 heavy (non-hydrogen) atoms. The van der Waals surface area contributed by atoms with Crippen LogP contribution in [-0.4, -0.2) is 18.2 Å². The van der Waals surface area contributed by atoms with Crippen molar-refractivity contribution in [1.82, 2.24) is 0 Å². The normalized spacial score (nSPS) is 12.2. The van der Waals surface area contributed by atoms with Gasteiger partial charge in [-0.2, -0.15) is 0 Å². The number of hydrogen-bond acceptors (Lipinski definition) is 3. The second kappa shape index (κ2) is 8.45.